The Balaban J connectivity index is 1.54. The third-order valence-corrected chi connectivity index (χ3v) is 6.38. The summed E-state index contributed by atoms with van der Waals surface area (Å²) in [7, 11) is 0. The topological polar surface area (TPSA) is 88.3 Å². The Bertz CT molecular complexity index is 1340. The Morgan fingerprint density at radius 3 is 2.94 bits per heavy atom. The van der Waals surface area contributed by atoms with Crippen molar-refractivity contribution in [1.29, 1.82) is 0 Å². The molecule has 1 aliphatic rings. The highest BCUT2D eigenvalue weighted by Gasteiger charge is 2.21. The molecule has 1 aliphatic heterocycles. The molecule has 0 bridgehead atoms. The van der Waals surface area contributed by atoms with Crippen molar-refractivity contribution in [1.82, 2.24) is 9.97 Å². The highest BCUT2D eigenvalue weighted by molar-refractivity contribution is 9.10. The van der Waals surface area contributed by atoms with E-state index in [1.54, 1.807) is 0 Å². The number of benzene rings is 2. The fourth-order valence-electron chi connectivity index (χ4n) is 3.76. The summed E-state index contributed by atoms with van der Waals surface area (Å²) < 4.78 is 13.3. The molecule has 2 aromatic carbocycles. The van der Waals surface area contributed by atoms with E-state index in [4.69, 9.17) is 9.47 Å². The van der Waals surface area contributed by atoms with Crippen LogP contribution in [0.1, 0.15) is 27.2 Å². The van der Waals surface area contributed by atoms with Crippen molar-refractivity contribution < 1.29 is 14.3 Å². The summed E-state index contributed by atoms with van der Waals surface area (Å²) in [6.07, 6.45) is 0.414. The van der Waals surface area contributed by atoms with Crippen LogP contribution >= 0.6 is 27.3 Å². The van der Waals surface area contributed by atoms with Gasteiger partial charge in [-0.3, -0.25) is 5.32 Å². The van der Waals surface area contributed by atoms with E-state index in [9.17, 15) is 4.79 Å². The minimum absolute atomic E-state index is 0.508. The minimum atomic E-state index is -0.562. The first-order chi connectivity index (χ1) is 15.3. The number of carbonyl (C=O) groups excluding carboxylic acids is 1. The lowest BCUT2D eigenvalue weighted by atomic mass is 10.1. The number of ether oxygens (including phenoxy) is 2. The number of hydrogen-bond acceptors (Lipinski definition) is 6. The molecule has 5 rings (SSSR count). The normalized spacial score (nSPS) is 13.9. The van der Waals surface area contributed by atoms with E-state index in [-0.39, 0.29) is 0 Å². The quantitative estimate of drug-likeness (QED) is 0.275. The van der Waals surface area contributed by atoms with Crippen molar-refractivity contribution in [3.8, 4) is 17.0 Å². The second kappa shape index (κ2) is 7.97. The molecule has 1 amide bonds. The van der Waals surface area contributed by atoms with Gasteiger partial charge in [0.15, 0.2) is 5.13 Å². The summed E-state index contributed by atoms with van der Waals surface area (Å²) in [6, 6.07) is 10.2. The van der Waals surface area contributed by atoms with E-state index in [1.807, 2.05) is 39.0 Å². The monoisotopic (exact) mass is 514 g/mol. The molecule has 7 nitrogen and oxygen atoms in total. The van der Waals surface area contributed by atoms with E-state index in [1.165, 1.54) is 11.3 Å². The van der Waals surface area contributed by atoms with Crippen LogP contribution < -0.4 is 15.4 Å². The number of aromatic nitrogens is 2. The summed E-state index contributed by atoms with van der Waals surface area (Å²) in [5.41, 5.74) is 4.34. The maximum Gasteiger partial charge on any atom is 0.413 e. The van der Waals surface area contributed by atoms with Crippen LogP contribution in [0.2, 0.25) is 0 Å². The third-order valence-electron chi connectivity index (χ3n) is 4.99. The van der Waals surface area contributed by atoms with Gasteiger partial charge in [0.05, 0.1) is 39.1 Å². The van der Waals surface area contributed by atoms with E-state index in [0.29, 0.717) is 11.7 Å². The molecule has 32 heavy (non-hydrogen) atoms. The molecule has 0 atom stereocenters. The summed E-state index contributed by atoms with van der Waals surface area (Å²) in [5.74, 6) is 0.863. The molecule has 9 heteroatoms. The van der Waals surface area contributed by atoms with Gasteiger partial charge in [-0.1, -0.05) is 33.3 Å². The van der Waals surface area contributed by atoms with Gasteiger partial charge < -0.3 is 19.8 Å². The average molecular weight is 515 g/mol. The van der Waals surface area contributed by atoms with E-state index < -0.39 is 11.7 Å². The second-order valence-electron chi connectivity index (χ2n) is 8.66. The molecular weight excluding hydrogens is 492 g/mol. The van der Waals surface area contributed by atoms with Crippen molar-refractivity contribution >= 4 is 65.3 Å². The summed E-state index contributed by atoms with van der Waals surface area (Å²) in [5, 5.41) is 7.88. The van der Waals surface area contributed by atoms with Gasteiger partial charge in [-0.05, 0) is 51.5 Å². The first-order valence-corrected chi connectivity index (χ1v) is 12.0. The number of carbonyl (C=O) groups is 1. The van der Waals surface area contributed by atoms with Crippen molar-refractivity contribution in [3.63, 3.8) is 0 Å². The zero-order valence-electron chi connectivity index (χ0n) is 18.0. The predicted octanol–water partition coefficient (Wildman–Crippen LogP) is 6.75. The molecule has 0 fully saturated rings. The number of nitrogens with one attached hydrogen (secondary N) is 3. The van der Waals surface area contributed by atoms with Gasteiger partial charge in [-0.25, -0.2) is 9.78 Å². The number of fused-ring (bicyclic) bond motifs is 1. The molecule has 166 valence electrons. The van der Waals surface area contributed by atoms with Crippen LogP contribution in [0.3, 0.4) is 0 Å². The van der Waals surface area contributed by atoms with Crippen LogP contribution in [0.5, 0.6) is 5.75 Å². The van der Waals surface area contributed by atoms with Crippen LogP contribution in [-0.4, -0.2) is 34.8 Å². The highest BCUT2D eigenvalue weighted by atomic mass is 79.9. The number of halogens is 1. The fraction of sp³-hybridized carbons (Fsp3) is 0.304. The molecule has 3 N–H and O–H groups in total. The largest absolute Gasteiger partial charge is 0.493 e. The van der Waals surface area contributed by atoms with Gasteiger partial charge in [-0.15, -0.1) is 0 Å². The van der Waals surface area contributed by atoms with Gasteiger partial charge in [0.1, 0.15) is 11.4 Å². The first-order valence-electron chi connectivity index (χ1n) is 10.4. The molecule has 0 spiro atoms. The van der Waals surface area contributed by atoms with E-state index in [0.717, 1.165) is 61.3 Å². The number of anilines is 2. The van der Waals surface area contributed by atoms with Gasteiger partial charge in [0, 0.05) is 16.6 Å². The molecule has 2 aromatic heterocycles. The summed E-state index contributed by atoms with van der Waals surface area (Å²) in [4.78, 5) is 20.2. The summed E-state index contributed by atoms with van der Waals surface area (Å²) in [6.45, 7) is 7.01. The van der Waals surface area contributed by atoms with Crippen LogP contribution in [-0.2, 0) is 4.74 Å². The highest BCUT2D eigenvalue weighted by Crippen LogP contribution is 2.43. The molecule has 0 saturated carbocycles. The van der Waals surface area contributed by atoms with Crippen LogP contribution in [0, 0.1) is 0 Å². The maximum atomic E-state index is 12.1. The van der Waals surface area contributed by atoms with Gasteiger partial charge in [-0.2, -0.15) is 0 Å². The second-order valence-corrected chi connectivity index (χ2v) is 10.6. The Hall–Kier alpha value is -2.78. The number of hydrogen-bond donors (Lipinski definition) is 3. The lowest BCUT2D eigenvalue weighted by Gasteiger charge is -2.18. The smallest absolute Gasteiger partial charge is 0.413 e. The van der Waals surface area contributed by atoms with Crippen molar-refractivity contribution in [2.24, 2.45) is 0 Å². The van der Waals surface area contributed by atoms with Gasteiger partial charge >= 0.3 is 6.09 Å². The molecule has 0 aliphatic carbocycles. The minimum Gasteiger partial charge on any atom is -0.493 e. The molecule has 4 aromatic rings. The number of rotatable bonds is 2. The van der Waals surface area contributed by atoms with Crippen LogP contribution in [0.25, 0.3) is 32.4 Å². The lowest BCUT2D eigenvalue weighted by Crippen LogP contribution is -2.27. The zero-order chi connectivity index (χ0) is 22.5. The van der Waals surface area contributed by atoms with Crippen LogP contribution in [0.4, 0.5) is 15.6 Å². The Morgan fingerprint density at radius 2 is 2.12 bits per heavy atom. The Labute approximate surface area is 197 Å². The van der Waals surface area contributed by atoms with Crippen molar-refractivity contribution in [2.45, 2.75) is 32.8 Å². The average Bonchev–Trinajstić information content (AvgIpc) is 3.23. The predicted molar refractivity (Wildman–Crippen MR) is 133 cm³/mol. The third kappa shape index (κ3) is 4.14. The number of thiazole rings is 1. The molecular formula is C23H23BrN4O3S. The van der Waals surface area contributed by atoms with Gasteiger partial charge in [0.25, 0.3) is 0 Å². The Kier molecular flexibility index (Phi) is 5.25. The SMILES string of the molecule is CC(C)(C)OC(=O)Nc1nc2ccc(-c3[nH]c4cc(Br)cc5c4c3NCCCO5)cc2s1. The summed E-state index contributed by atoms with van der Waals surface area (Å²) >= 11 is 5.00. The first kappa shape index (κ1) is 21.1. The maximum absolute atomic E-state index is 12.1. The fourth-order valence-corrected chi connectivity index (χ4v) is 5.09. The lowest BCUT2D eigenvalue weighted by molar-refractivity contribution is 0.0636. The number of amides is 1. The molecule has 0 radical (unpaired) electrons. The van der Waals surface area contributed by atoms with Gasteiger partial charge in [0.2, 0.25) is 0 Å². The molecule has 0 saturated heterocycles. The Morgan fingerprint density at radius 1 is 1.28 bits per heavy atom. The van der Waals surface area contributed by atoms with E-state index in [2.05, 4.69) is 48.7 Å². The molecule has 3 heterocycles. The number of H-pyrrole nitrogens is 1. The zero-order valence-corrected chi connectivity index (χ0v) is 20.4. The van der Waals surface area contributed by atoms with Crippen molar-refractivity contribution in [3.05, 3.63) is 34.8 Å². The van der Waals surface area contributed by atoms with E-state index >= 15 is 0 Å². The number of nitrogens with zero attached hydrogens (tertiary/aromatic N) is 1. The standard InChI is InChI=1S/C23H23BrN4O3S/c1-23(2,3)31-22(29)28-21-27-14-6-5-12(9-17(14)32-21)19-20-18-15(26-19)10-13(24)11-16(18)30-8-4-7-25-20/h5-6,9-11,25-26H,4,7-8H2,1-3H3,(H,27,28,29). The number of aromatic amines is 1. The van der Waals surface area contributed by atoms with Crippen molar-refractivity contribution in [2.75, 3.05) is 23.8 Å². The van der Waals surface area contributed by atoms with Crippen LogP contribution in [0.15, 0.2) is 34.8 Å². The molecule has 0 unspecified atom stereocenters.